The third-order valence-electron chi connectivity index (χ3n) is 13.2. The fraction of sp³-hybridized carbons (Fsp3) is 0.443. The topological polar surface area (TPSA) is 223 Å². The summed E-state index contributed by atoms with van der Waals surface area (Å²) in [6.45, 7) is 21.8. The van der Waals surface area contributed by atoms with Gasteiger partial charge in [0.1, 0.15) is 60.0 Å². The first-order valence-corrected chi connectivity index (χ1v) is 34.6. The van der Waals surface area contributed by atoms with E-state index in [1.807, 2.05) is 0 Å². The monoisotopic (exact) mass is 1210 g/mol. The zero-order valence-electron chi connectivity index (χ0n) is 49.7. The third-order valence-corrected chi connectivity index (χ3v) is 16.6. The van der Waals surface area contributed by atoms with Crippen LogP contribution in [0.3, 0.4) is 0 Å². The van der Waals surface area contributed by atoms with Gasteiger partial charge in [-0.1, -0.05) is 46.7 Å². The Bertz CT molecular complexity index is 3680. The number of benzene rings is 4. The molecule has 0 radical (unpaired) electrons. The molecule has 456 valence electrons. The van der Waals surface area contributed by atoms with Gasteiger partial charge < -0.3 is 47.8 Å². The van der Waals surface area contributed by atoms with Crippen LogP contribution >= 0.6 is 0 Å². The number of hydrogen-bond donors (Lipinski definition) is 2. The minimum absolute atomic E-state index is 0. The predicted octanol–water partition coefficient (Wildman–Crippen LogP) is 14.5. The summed E-state index contributed by atoms with van der Waals surface area (Å²) in [7, 11) is -2.76. The average Bonchev–Trinajstić information content (AvgIpc) is 2.05. The number of alkyl halides is 4. The molecule has 0 saturated heterocycles. The highest BCUT2D eigenvalue weighted by molar-refractivity contribution is 6.76. The summed E-state index contributed by atoms with van der Waals surface area (Å²) in [4.78, 5) is 35.3. The first-order valence-electron chi connectivity index (χ1n) is 27.2. The number of hydrogen-bond acceptors (Lipinski definition) is 14. The van der Waals surface area contributed by atoms with Gasteiger partial charge in [-0.3, -0.25) is 9.13 Å². The van der Waals surface area contributed by atoms with E-state index in [4.69, 9.17) is 28.4 Å². The number of carbonyl (C=O) groups excluding carboxylic acids is 2. The van der Waals surface area contributed by atoms with Crippen LogP contribution in [0.1, 0.15) is 106 Å². The zero-order valence-corrected chi connectivity index (χ0v) is 51.7. The Balaban J connectivity index is 0.000000269. The summed E-state index contributed by atoms with van der Waals surface area (Å²) >= 11 is 0. The van der Waals surface area contributed by atoms with E-state index in [0.717, 1.165) is 12.1 Å². The average molecular weight is 1210 g/mol. The Hall–Kier alpha value is -7.59. The molecule has 2 unspecified atom stereocenters. The van der Waals surface area contributed by atoms with Gasteiger partial charge in [-0.15, -0.1) is 0 Å². The van der Waals surface area contributed by atoms with Crippen LogP contribution in [0.2, 0.25) is 51.4 Å². The Morgan fingerprint density at radius 3 is 1.40 bits per heavy atom. The van der Waals surface area contributed by atoms with E-state index in [-0.39, 0.29) is 55.2 Å². The quantitative estimate of drug-likeness (QED) is 0.0463. The fourth-order valence-electron chi connectivity index (χ4n) is 9.38. The highest BCUT2D eigenvalue weighted by Crippen LogP contribution is 2.42. The third kappa shape index (κ3) is 16.0. The number of ether oxygens (including phenoxy) is 6. The zero-order chi connectivity index (χ0) is 62.0. The lowest BCUT2D eigenvalue weighted by Crippen LogP contribution is -2.27. The van der Waals surface area contributed by atoms with Crippen LogP contribution in [0.25, 0.3) is 43.9 Å². The normalized spacial score (nSPS) is 12.9. The SMILES string of the molecule is C.Cc1cc(OC(F)F)c(C(O)c2nc3cc(C#N)ccc3n2COCC[Si](C)(C)C)c2ccn(C(=O)OC(C)(C)C)c12.Cc1cc(OC(F)F)c(C(O)c2nc3ccc(C#N)cc3n2COCC[Si](C)(C)C)c2ccn(C(=O)OC(C)(C)C)c12. The lowest BCUT2D eigenvalue weighted by Gasteiger charge is -2.22. The van der Waals surface area contributed by atoms with E-state index < -0.39 is 65.0 Å². The van der Waals surface area contributed by atoms with E-state index in [0.29, 0.717) is 79.3 Å². The molecule has 0 aliphatic rings. The number of aromatic nitrogens is 6. The van der Waals surface area contributed by atoms with Crippen molar-refractivity contribution < 1.29 is 65.8 Å². The molecule has 2 atom stereocenters. The molecule has 8 aromatic rings. The highest BCUT2D eigenvalue weighted by Gasteiger charge is 2.33. The molecule has 85 heavy (non-hydrogen) atoms. The van der Waals surface area contributed by atoms with Crippen molar-refractivity contribution in [1.29, 1.82) is 10.5 Å². The number of nitriles is 2. The van der Waals surface area contributed by atoms with E-state index in [2.05, 4.69) is 61.4 Å². The molecule has 18 nitrogen and oxygen atoms in total. The van der Waals surface area contributed by atoms with Crippen LogP contribution in [0.15, 0.2) is 73.1 Å². The first kappa shape index (κ1) is 66.6. The number of aliphatic hydroxyl groups is 2. The second-order valence-corrected chi connectivity index (χ2v) is 36.0. The minimum Gasteiger partial charge on any atom is -0.443 e. The van der Waals surface area contributed by atoms with Gasteiger partial charge >= 0.3 is 25.4 Å². The lowest BCUT2D eigenvalue weighted by atomic mass is 9.99. The van der Waals surface area contributed by atoms with Crippen LogP contribution < -0.4 is 9.47 Å². The van der Waals surface area contributed by atoms with Crippen LogP contribution in [0.5, 0.6) is 11.5 Å². The molecule has 4 aromatic carbocycles. The number of aliphatic hydroxyl groups excluding tert-OH is 2. The molecule has 24 heteroatoms. The molecular formula is C61H76F4N8O10Si2. The Morgan fingerprint density at radius 1 is 0.600 bits per heavy atom. The molecule has 8 rings (SSSR count). The molecule has 0 spiro atoms. The molecular weight excluding hydrogens is 1140 g/mol. The van der Waals surface area contributed by atoms with Gasteiger partial charge in [0.25, 0.3) is 0 Å². The standard InChI is InChI=1S/2C30H36F2N4O5Si.CH4/c1-18-14-23(40-28(31)32)24(20-10-11-35(25(18)20)29(38)41-30(2,3)4)26(37)27-34-21-15-19(16-33)8-9-22(21)36(27)17-39-12-13-42(5,6)7;1-18-14-23(40-28(31)32)24(20-10-11-35(25(18)20)29(38)41-30(2,3)4)26(37)27-34-21-9-8-19(16-33)15-22(21)36(27)17-39-12-13-42(5,6)7;/h2*8-11,14-15,26,28,37H,12-13,17H2,1-7H3;1H4. The number of rotatable bonds is 18. The lowest BCUT2D eigenvalue weighted by molar-refractivity contribution is -0.0519. The van der Waals surface area contributed by atoms with Gasteiger partial charge in [-0.2, -0.15) is 28.1 Å². The van der Waals surface area contributed by atoms with Crippen molar-refractivity contribution in [3.63, 3.8) is 0 Å². The first-order chi connectivity index (χ1) is 39.2. The number of nitrogens with zero attached hydrogens (tertiary/aromatic N) is 8. The number of halogens is 4. The number of imidazole rings is 2. The predicted molar refractivity (Wildman–Crippen MR) is 322 cm³/mol. The maximum absolute atomic E-state index is 13.6. The molecule has 4 aromatic heterocycles. The van der Waals surface area contributed by atoms with Crippen LogP contribution in [-0.2, 0) is 32.4 Å². The molecule has 4 heterocycles. The molecule has 0 saturated carbocycles. The van der Waals surface area contributed by atoms with Crippen molar-refractivity contribution in [3.05, 3.63) is 118 Å². The van der Waals surface area contributed by atoms with Gasteiger partial charge in [0, 0.05) is 63.7 Å². The molecule has 0 aliphatic heterocycles. The van der Waals surface area contributed by atoms with Gasteiger partial charge in [-0.25, -0.2) is 19.6 Å². The van der Waals surface area contributed by atoms with Crippen molar-refractivity contribution >= 4 is 72.2 Å². The van der Waals surface area contributed by atoms with E-state index in [9.17, 15) is 47.9 Å². The van der Waals surface area contributed by atoms with Crippen LogP contribution in [0, 0.1) is 36.5 Å². The molecule has 2 N–H and O–H groups in total. The molecule has 0 aliphatic carbocycles. The van der Waals surface area contributed by atoms with Crippen molar-refractivity contribution in [2.24, 2.45) is 0 Å². The van der Waals surface area contributed by atoms with Gasteiger partial charge in [0.2, 0.25) is 0 Å². The van der Waals surface area contributed by atoms with Crippen molar-refractivity contribution in [1.82, 2.24) is 28.2 Å². The van der Waals surface area contributed by atoms with Gasteiger partial charge in [0.15, 0.2) is 0 Å². The summed E-state index contributed by atoms with van der Waals surface area (Å²) in [5.41, 5.74) is 2.99. The summed E-state index contributed by atoms with van der Waals surface area (Å²) in [5, 5.41) is 43.2. The number of fused-ring (bicyclic) bond motifs is 4. The van der Waals surface area contributed by atoms with E-state index >= 15 is 0 Å². The smallest absolute Gasteiger partial charge is 0.419 e. The highest BCUT2D eigenvalue weighted by atomic mass is 28.3. The van der Waals surface area contributed by atoms with Crippen molar-refractivity contribution in [3.8, 4) is 23.6 Å². The number of aryl methyl sites for hydroxylation is 2. The van der Waals surface area contributed by atoms with Crippen molar-refractivity contribution in [2.45, 2.75) is 164 Å². The summed E-state index contributed by atoms with van der Waals surface area (Å²) < 4.78 is 93.1. The summed E-state index contributed by atoms with van der Waals surface area (Å²) in [5.74, 6) is -0.273. The van der Waals surface area contributed by atoms with Crippen LogP contribution in [-0.4, -0.2) is 104 Å². The Morgan fingerprint density at radius 2 is 1.00 bits per heavy atom. The van der Waals surface area contributed by atoms with Gasteiger partial charge in [0.05, 0.1) is 56.4 Å². The van der Waals surface area contributed by atoms with E-state index in [1.54, 1.807) is 113 Å². The molecule has 0 bridgehead atoms. The summed E-state index contributed by atoms with van der Waals surface area (Å²) in [6.07, 6.45) is -1.50. The van der Waals surface area contributed by atoms with Gasteiger partial charge in [-0.05, 0) is 139 Å². The fourth-order valence-corrected chi connectivity index (χ4v) is 10.9. The second-order valence-electron chi connectivity index (χ2n) is 24.8. The Labute approximate surface area is 494 Å². The molecule has 0 amide bonds. The maximum atomic E-state index is 13.6. The minimum atomic E-state index is -3.16. The largest absolute Gasteiger partial charge is 0.443 e. The van der Waals surface area contributed by atoms with Crippen LogP contribution in [0.4, 0.5) is 27.2 Å². The maximum Gasteiger partial charge on any atom is 0.419 e. The van der Waals surface area contributed by atoms with E-state index in [1.165, 1.54) is 33.7 Å². The Kier molecular flexibility index (Phi) is 20.6. The summed E-state index contributed by atoms with van der Waals surface area (Å²) in [6, 6.07) is 21.7. The second kappa shape index (κ2) is 26.4. The number of carbonyl (C=O) groups is 2. The molecule has 0 fully saturated rings. The van der Waals surface area contributed by atoms with Crippen molar-refractivity contribution in [2.75, 3.05) is 13.2 Å².